The van der Waals surface area contributed by atoms with Gasteiger partial charge in [-0.3, -0.25) is 14.5 Å². The molecular formula is C32H32F2N2O6. The van der Waals surface area contributed by atoms with Crippen molar-refractivity contribution in [2.75, 3.05) is 31.8 Å². The van der Waals surface area contributed by atoms with Crippen LogP contribution >= 0.6 is 0 Å². The lowest BCUT2D eigenvalue weighted by atomic mass is 9.82. The van der Waals surface area contributed by atoms with Crippen molar-refractivity contribution in [1.29, 1.82) is 0 Å². The summed E-state index contributed by atoms with van der Waals surface area (Å²) in [4.78, 5) is 28.3. The molecule has 3 aromatic rings. The molecule has 0 unspecified atom stereocenters. The fourth-order valence-electron chi connectivity index (χ4n) is 6.52. The number of anilines is 1. The summed E-state index contributed by atoms with van der Waals surface area (Å²) in [6.07, 6.45) is 1.74. The molecule has 1 fully saturated rings. The molecule has 0 spiro atoms. The fourth-order valence-corrected chi connectivity index (χ4v) is 6.52. The number of carboxylic acid groups (broad SMARTS) is 1. The molecule has 3 aliphatic rings. The number of amides is 1. The number of halogens is 2. The number of likely N-dealkylation sites (tertiary alicyclic amines) is 1. The molecule has 3 heterocycles. The van der Waals surface area contributed by atoms with Crippen LogP contribution in [0.15, 0.2) is 42.5 Å². The van der Waals surface area contributed by atoms with Gasteiger partial charge in [-0.15, -0.1) is 0 Å². The standard InChI is InChI=1S/C32H32F2N2O6/c1-3-17-10-21(33)11-18(4-2)30(17)35-28(37)15-36-14-23(22-12-26-27(13-24(22)34)42-16-41-26)29(32(38)39)31(36)20-5-6-25-19(9-20)7-8-40-25/h5-6,9-13,23,29,31H,3-4,7-8,14-16H2,1-2H3,(H,35,37)(H,38,39)/t23-,29-,31+/m1/s1. The van der Waals surface area contributed by atoms with E-state index in [0.29, 0.717) is 54.0 Å². The summed E-state index contributed by atoms with van der Waals surface area (Å²) in [6, 6.07) is 10.4. The number of aryl methyl sites for hydroxylation is 2. The number of nitrogens with zero attached hydrogens (tertiary/aromatic N) is 1. The van der Waals surface area contributed by atoms with E-state index in [2.05, 4.69) is 5.32 Å². The Morgan fingerprint density at radius 2 is 1.69 bits per heavy atom. The third-order valence-corrected chi connectivity index (χ3v) is 8.47. The second kappa shape index (κ2) is 11.2. The van der Waals surface area contributed by atoms with Gasteiger partial charge in [0.05, 0.1) is 19.1 Å². The van der Waals surface area contributed by atoms with E-state index in [1.807, 2.05) is 32.0 Å². The molecule has 3 atom stereocenters. The van der Waals surface area contributed by atoms with Gasteiger partial charge in [0.25, 0.3) is 0 Å². The zero-order valence-corrected chi connectivity index (χ0v) is 23.4. The Labute approximate surface area is 242 Å². The number of nitrogens with one attached hydrogen (secondary N) is 1. The zero-order chi connectivity index (χ0) is 29.5. The molecule has 2 N–H and O–H groups in total. The normalized spacial score (nSPS) is 20.8. The van der Waals surface area contributed by atoms with Gasteiger partial charge in [-0.05, 0) is 64.9 Å². The van der Waals surface area contributed by atoms with Gasteiger partial charge >= 0.3 is 5.97 Å². The molecule has 1 saturated heterocycles. The summed E-state index contributed by atoms with van der Waals surface area (Å²) >= 11 is 0. The molecule has 6 rings (SSSR count). The molecule has 0 bridgehead atoms. The van der Waals surface area contributed by atoms with Crippen molar-refractivity contribution in [1.82, 2.24) is 4.90 Å². The first kappa shape index (κ1) is 28.0. The number of aliphatic carboxylic acids is 1. The largest absolute Gasteiger partial charge is 0.493 e. The van der Waals surface area contributed by atoms with Crippen LogP contribution in [0.4, 0.5) is 14.5 Å². The van der Waals surface area contributed by atoms with Gasteiger partial charge in [0.15, 0.2) is 11.5 Å². The molecule has 0 aromatic heterocycles. The fraction of sp³-hybridized carbons (Fsp3) is 0.375. The Balaban J connectivity index is 1.37. The molecule has 220 valence electrons. The van der Waals surface area contributed by atoms with Gasteiger partial charge in [-0.1, -0.05) is 26.0 Å². The molecule has 0 saturated carbocycles. The van der Waals surface area contributed by atoms with Crippen molar-refractivity contribution < 1.29 is 37.7 Å². The number of rotatable bonds is 8. The van der Waals surface area contributed by atoms with Crippen LogP contribution in [0.3, 0.4) is 0 Å². The van der Waals surface area contributed by atoms with E-state index in [0.717, 1.165) is 11.3 Å². The first-order valence-electron chi connectivity index (χ1n) is 14.2. The lowest BCUT2D eigenvalue weighted by molar-refractivity contribution is -0.143. The summed E-state index contributed by atoms with van der Waals surface area (Å²) in [7, 11) is 0. The second-order valence-corrected chi connectivity index (χ2v) is 10.9. The van der Waals surface area contributed by atoms with Crippen LogP contribution in [-0.4, -0.2) is 48.4 Å². The van der Waals surface area contributed by atoms with Crippen LogP contribution in [0.5, 0.6) is 17.2 Å². The number of hydrogen-bond acceptors (Lipinski definition) is 6. The third kappa shape index (κ3) is 5.04. The van der Waals surface area contributed by atoms with Crippen molar-refractivity contribution in [3.8, 4) is 17.2 Å². The number of carboxylic acids is 1. The summed E-state index contributed by atoms with van der Waals surface area (Å²) in [5, 5.41) is 13.5. The molecule has 1 amide bonds. The molecule has 0 aliphatic carbocycles. The van der Waals surface area contributed by atoms with Crippen molar-refractivity contribution >= 4 is 17.6 Å². The highest BCUT2D eigenvalue weighted by atomic mass is 19.1. The number of benzene rings is 3. The van der Waals surface area contributed by atoms with E-state index in [-0.39, 0.29) is 42.9 Å². The van der Waals surface area contributed by atoms with Gasteiger partial charge < -0.3 is 24.6 Å². The van der Waals surface area contributed by atoms with Crippen molar-refractivity contribution in [3.63, 3.8) is 0 Å². The van der Waals surface area contributed by atoms with E-state index in [9.17, 15) is 19.1 Å². The Kier molecular flexibility index (Phi) is 7.49. The van der Waals surface area contributed by atoms with Gasteiger partial charge in [-0.2, -0.15) is 0 Å². The number of fused-ring (bicyclic) bond motifs is 2. The molecule has 10 heteroatoms. The molecule has 8 nitrogen and oxygen atoms in total. The average molecular weight is 579 g/mol. The summed E-state index contributed by atoms with van der Waals surface area (Å²) in [5.41, 5.74) is 3.81. The number of ether oxygens (including phenoxy) is 3. The van der Waals surface area contributed by atoms with Crippen LogP contribution in [0.2, 0.25) is 0 Å². The summed E-state index contributed by atoms with van der Waals surface area (Å²) < 4.78 is 46.1. The third-order valence-electron chi connectivity index (χ3n) is 8.47. The first-order valence-corrected chi connectivity index (χ1v) is 14.2. The minimum atomic E-state index is -1.10. The molecule has 3 aliphatic heterocycles. The quantitative estimate of drug-likeness (QED) is 0.378. The molecule has 42 heavy (non-hydrogen) atoms. The Bertz CT molecular complexity index is 1540. The maximum atomic E-state index is 15.4. The SMILES string of the molecule is CCc1cc(F)cc(CC)c1NC(=O)CN1C[C@H](c2cc3c(cc2F)OCO3)[C@@H](C(=O)O)[C@@H]1c1ccc2c(c1)CCO2. The van der Waals surface area contributed by atoms with Crippen LogP contribution in [0.25, 0.3) is 0 Å². The predicted molar refractivity (Wildman–Crippen MR) is 150 cm³/mol. The van der Waals surface area contributed by atoms with Crippen LogP contribution in [0, 0.1) is 17.6 Å². The lowest BCUT2D eigenvalue weighted by Crippen LogP contribution is -2.35. The zero-order valence-electron chi connectivity index (χ0n) is 23.4. The summed E-state index contributed by atoms with van der Waals surface area (Å²) in [5.74, 6) is -2.87. The minimum absolute atomic E-state index is 0.0414. The van der Waals surface area contributed by atoms with Crippen molar-refractivity contribution in [2.45, 2.75) is 45.1 Å². The van der Waals surface area contributed by atoms with Gasteiger partial charge in [-0.25, -0.2) is 8.78 Å². The van der Waals surface area contributed by atoms with Gasteiger partial charge in [0, 0.05) is 36.7 Å². The van der Waals surface area contributed by atoms with E-state index in [1.165, 1.54) is 24.3 Å². The highest BCUT2D eigenvalue weighted by Crippen LogP contribution is 2.49. The number of carbonyl (C=O) groups is 2. The Hall–Kier alpha value is -4.18. The van der Waals surface area contributed by atoms with Gasteiger partial charge in [0.1, 0.15) is 17.4 Å². The van der Waals surface area contributed by atoms with Crippen molar-refractivity contribution in [3.05, 3.63) is 81.9 Å². The highest BCUT2D eigenvalue weighted by Gasteiger charge is 2.49. The van der Waals surface area contributed by atoms with E-state index >= 15 is 4.39 Å². The predicted octanol–water partition coefficient (Wildman–Crippen LogP) is 5.23. The molecular weight excluding hydrogens is 546 g/mol. The van der Waals surface area contributed by atoms with Crippen LogP contribution in [0.1, 0.15) is 53.6 Å². The monoisotopic (exact) mass is 578 g/mol. The van der Waals surface area contributed by atoms with Gasteiger partial charge in [0.2, 0.25) is 12.7 Å². The average Bonchev–Trinajstić information content (AvgIpc) is 3.70. The second-order valence-electron chi connectivity index (χ2n) is 10.9. The van der Waals surface area contributed by atoms with Crippen LogP contribution in [-0.2, 0) is 28.9 Å². The van der Waals surface area contributed by atoms with Crippen molar-refractivity contribution in [2.24, 2.45) is 5.92 Å². The summed E-state index contributed by atoms with van der Waals surface area (Å²) in [6.45, 7) is 4.25. The maximum absolute atomic E-state index is 15.4. The Morgan fingerprint density at radius 1 is 0.976 bits per heavy atom. The van der Waals surface area contributed by atoms with E-state index in [4.69, 9.17) is 14.2 Å². The smallest absolute Gasteiger partial charge is 0.309 e. The Morgan fingerprint density at radius 3 is 2.38 bits per heavy atom. The maximum Gasteiger partial charge on any atom is 0.309 e. The van der Waals surface area contributed by atoms with Crippen LogP contribution < -0.4 is 19.5 Å². The lowest BCUT2D eigenvalue weighted by Gasteiger charge is -2.27. The van der Waals surface area contributed by atoms with E-state index < -0.39 is 29.7 Å². The number of hydrogen-bond donors (Lipinski definition) is 2. The minimum Gasteiger partial charge on any atom is -0.493 e. The highest BCUT2D eigenvalue weighted by molar-refractivity contribution is 5.94. The van der Waals surface area contributed by atoms with E-state index in [1.54, 1.807) is 4.90 Å². The molecule has 3 aromatic carbocycles. The molecule has 0 radical (unpaired) electrons. The number of carbonyl (C=O) groups excluding carboxylic acids is 1. The topological polar surface area (TPSA) is 97.3 Å². The first-order chi connectivity index (χ1) is 20.3.